The van der Waals surface area contributed by atoms with Gasteiger partial charge < -0.3 is 10.6 Å². The minimum absolute atomic E-state index is 0.0763. The molecule has 2 N–H and O–H groups in total. The molecule has 2 rings (SSSR count). The zero-order valence-electron chi connectivity index (χ0n) is 14.2. The van der Waals surface area contributed by atoms with E-state index in [2.05, 4.69) is 30.6 Å². The second kappa shape index (κ2) is 6.36. The number of carbonyl (C=O) groups is 2. The smallest absolute Gasteiger partial charge is 0.253 e. The molecule has 1 aliphatic carbocycles. The molecule has 4 nitrogen and oxygen atoms in total. The van der Waals surface area contributed by atoms with E-state index >= 15 is 0 Å². The number of carbonyl (C=O) groups excluding carboxylic acids is 2. The van der Waals surface area contributed by atoms with Gasteiger partial charge in [0, 0.05) is 12.1 Å². The Hall–Kier alpha value is -1.81. The maximum Gasteiger partial charge on any atom is 0.253 e. The van der Waals surface area contributed by atoms with Crippen molar-refractivity contribution in [2.24, 2.45) is 17.3 Å². The standard InChI is InChI=1S/C18H23ClN2O2/c1-10(2)8-13-15(18(13,3)4)17(23)21-14-9-11(19)6-7-12(14)16(22)20-5/h6-9,13,15H,1-5H3,(H,20,22)(H,21,23). The van der Waals surface area contributed by atoms with Crippen molar-refractivity contribution in [3.05, 3.63) is 40.4 Å². The van der Waals surface area contributed by atoms with Crippen LogP contribution in [-0.4, -0.2) is 18.9 Å². The zero-order valence-corrected chi connectivity index (χ0v) is 14.9. The van der Waals surface area contributed by atoms with Gasteiger partial charge in [-0.05, 0) is 43.4 Å². The van der Waals surface area contributed by atoms with Crippen molar-refractivity contribution in [3.8, 4) is 0 Å². The number of anilines is 1. The maximum absolute atomic E-state index is 12.6. The van der Waals surface area contributed by atoms with E-state index in [4.69, 9.17) is 11.6 Å². The molecule has 124 valence electrons. The molecule has 0 aliphatic heterocycles. The predicted molar refractivity (Wildman–Crippen MR) is 93.7 cm³/mol. The topological polar surface area (TPSA) is 58.2 Å². The first-order chi connectivity index (χ1) is 10.7. The third-order valence-electron chi connectivity index (χ3n) is 4.42. The summed E-state index contributed by atoms with van der Waals surface area (Å²) < 4.78 is 0. The molecule has 0 bridgehead atoms. The van der Waals surface area contributed by atoms with E-state index in [-0.39, 0.29) is 29.1 Å². The molecular weight excluding hydrogens is 312 g/mol. The van der Waals surface area contributed by atoms with Crippen molar-refractivity contribution < 1.29 is 9.59 Å². The fourth-order valence-electron chi connectivity index (χ4n) is 3.01. The maximum atomic E-state index is 12.6. The van der Waals surface area contributed by atoms with Crippen molar-refractivity contribution in [2.45, 2.75) is 27.7 Å². The van der Waals surface area contributed by atoms with E-state index in [0.29, 0.717) is 16.3 Å². The third-order valence-corrected chi connectivity index (χ3v) is 4.65. The van der Waals surface area contributed by atoms with Crippen LogP contribution in [0.4, 0.5) is 5.69 Å². The molecule has 23 heavy (non-hydrogen) atoms. The normalized spacial score (nSPS) is 21.3. The van der Waals surface area contributed by atoms with Crippen molar-refractivity contribution >= 4 is 29.1 Å². The largest absolute Gasteiger partial charge is 0.355 e. The van der Waals surface area contributed by atoms with Crippen LogP contribution in [0.5, 0.6) is 0 Å². The van der Waals surface area contributed by atoms with E-state index in [0.717, 1.165) is 0 Å². The summed E-state index contributed by atoms with van der Waals surface area (Å²) in [6.07, 6.45) is 2.14. The third kappa shape index (κ3) is 3.58. The first kappa shape index (κ1) is 17.5. The second-order valence-corrected chi connectivity index (χ2v) is 7.26. The molecule has 1 aromatic rings. The van der Waals surface area contributed by atoms with Crippen LogP contribution in [0.25, 0.3) is 0 Å². The Morgan fingerprint density at radius 2 is 1.91 bits per heavy atom. The summed E-state index contributed by atoms with van der Waals surface area (Å²) in [5.41, 5.74) is 1.97. The van der Waals surface area contributed by atoms with Crippen LogP contribution < -0.4 is 10.6 Å². The molecule has 1 aliphatic rings. The van der Waals surface area contributed by atoms with Gasteiger partial charge in [0.1, 0.15) is 0 Å². The summed E-state index contributed by atoms with van der Waals surface area (Å²) in [5, 5.41) is 5.92. The van der Waals surface area contributed by atoms with Crippen LogP contribution in [0, 0.1) is 17.3 Å². The lowest BCUT2D eigenvalue weighted by molar-refractivity contribution is -0.118. The first-order valence-corrected chi connectivity index (χ1v) is 8.03. The van der Waals surface area contributed by atoms with Gasteiger partial charge in [0.05, 0.1) is 17.2 Å². The van der Waals surface area contributed by atoms with Gasteiger partial charge in [-0.15, -0.1) is 0 Å². The van der Waals surface area contributed by atoms with E-state index in [1.54, 1.807) is 25.2 Å². The number of rotatable bonds is 4. The molecule has 2 atom stereocenters. The van der Waals surface area contributed by atoms with Gasteiger partial charge in [0.15, 0.2) is 0 Å². The number of amides is 2. The Bertz CT molecular complexity index is 676. The molecular formula is C18H23ClN2O2. The van der Waals surface area contributed by atoms with Crippen LogP contribution >= 0.6 is 11.6 Å². The fourth-order valence-corrected chi connectivity index (χ4v) is 3.18. The average molecular weight is 335 g/mol. The molecule has 0 saturated heterocycles. The lowest BCUT2D eigenvalue weighted by atomic mass is 10.1. The van der Waals surface area contributed by atoms with Gasteiger partial charge in [0.2, 0.25) is 5.91 Å². The van der Waals surface area contributed by atoms with Gasteiger partial charge in [-0.3, -0.25) is 9.59 Å². The van der Waals surface area contributed by atoms with Crippen LogP contribution in [0.15, 0.2) is 29.8 Å². The number of allylic oxidation sites excluding steroid dienone is 2. The van der Waals surface area contributed by atoms with Gasteiger partial charge in [-0.1, -0.05) is 37.1 Å². The number of halogens is 1. The molecule has 2 unspecified atom stereocenters. The Morgan fingerprint density at radius 1 is 1.26 bits per heavy atom. The zero-order chi connectivity index (χ0) is 17.4. The summed E-state index contributed by atoms with van der Waals surface area (Å²) in [7, 11) is 1.55. The molecule has 0 heterocycles. The van der Waals surface area contributed by atoms with Gasteiger partial charge in [-0.25, -0.2) is 0 Å². The molecule has 0 radical (unpaired) electrons. The van der Waals surface area contributed by atoms with Crippen molar-refractivity contribution in [3.63, 3.8) is 0 Å². The SMILES string of the molecule is CNC(=O)c1ccc(Cl)cc1NC(=O)C1C(C=C(C)C)C1(C)C. The molecule has 2 amide bonds. The van der Waals surface area contributed by atoms with E-state index in [9.17, 15) is 9.59 Å². The minimum Gasteiger partial charge on any atom is -0.355 e. The number of nitrogens with one attached hydrogen (secondary N) is 2. The lowest BCUT2D eigenvalue weighted by Crippen LogP contribution is -2.23. The Labute approximate surface area is 142 Å². The summed E-state index contributed by atoms with van der Waals surface area (Å²) in [5.74, 6) is -0.221. The predicted octanol–water partition coefficient (Wildman–Crippen LogP) is 3.88. The Balaban J connectivity index is 2.23. The monoisotopic (exact) mass is 334 g/mol. The summed E-state index contributed by atoms with van der Waals surface area (Å²) in [6, 6.07) is 4.85. The molecule has 1 aromatic carbocycles. The van der Waals surface area contributed by atoms with Gasteiger partial charge in [0.25, 0.3) is 5.91 Å². The van der Waals surface area contributed by atoms with E-state index in [1.807, 2.05) is 13.8 Å². The van der Waals surface area contributed by atoms with E-state index < -0.39 is 0 Å². The van der Waals surface area contributed by atoms with Crippen molar-refractivity contribution in [1.82, 2.24) is 5.32 Å². The summed E-state index contributed by atoms with van der Waals surface area (Å²) in [4.78, 5) is 24.6. The second-order valence-electron chi connectivity index (χ2n) is 6.83. The quantitative estimate of drug-likeness (QED) is 0.821. The molecule has 5 heteroatoms. The summed E-state index contributed by atoms with van der Waals surface area (Å²) >= 11 is 6.00. The highest BCUT2D eigenvalue weighted by Gasteiger charge is 2.60. The van der Waals surface area contributed by atoms with E-state index in [1.165, 1.54) is 5.57 Å². The Kier molecular flexibility index (Phi) is 4.85. The van der Waals surface area contributed by atoms with Crippen molar-refractivity contribution in [1.29, 1.82) is 0 Å². The van der Waals surface area contributed by atoms with Crippen LogP contribution in [0.1, 0.15) is 38.1 Å². The highest BCUT2D eigenvalue weighted by molar-refractivity contribution is 6.31. The van der Waals surface area contributed by atoms with Crippen molar-refractivity contribution in [2.75, 3.05) is 12.4 Å². The van der Waals surface area contributed by atoms with Gasteiger partial charge in [-0.2, -0.15) is 0 Å². The molecule has 1 fully saturated rings. The average Bonchev–Trinajstić information content (AvgIpc) is 2.98. The molecule has 1 saturated carbocycles. The minimum atomic E-state index is -0.257. The number of hydrogen-bond donors (Lipinski definition) is 2. The number of hydrogen-bond acceptors (Lipinski definition) is 2. The summed E-state index contributed by atoms with van der Waals surface area (Å²) in [6.45, 7) is 8.23. The Morgan fingerprint density at radius 3 is 2.48 bits per heavy atom. The highest BCUT2D eigenvalue weighted by atomic mass is 35.5. The van der Waals surface area contributed by atoms with Crippen LogP contribution in [0.2, 0.25) is 5.02 Å². The lowest BCUT2D eigenvalue weighted by Gasteiger charge is -2.11. The molecule has 0 spiro atoms. The van der Waals surface area contributed by atoms with Gasteiger partial charge >= 0.3 is 0 Å². The fraction of sp³-hybridized carbons (Fsp3) is 0.444. The first-order valence-electron chi connectivity index (χ1n) is 7.66. The number of benzene rings is 1. The van der Waals surface area contributed by atoms with Crippen LogP contribution in [-0.2, 0) is 4.79 Å². The van der Waals surface area contributed by atoms with Crippen LogP contribution in [0.3, 0.4) is 0 Å². The highest BCUT2D eigenvalue weighted by Crippen LogP contribution is 2.59. The molecule has 0 aromatic heterocycles.